The number of carbonyl (C=O) groups is 3. The van der Waals surface area contributed by atoms with Gasteiger partial charge in [0.05, 0.1) is 5.19 Å². The molecule has 0 saturated heterocycles. The molecule has 0 spiro atoms. The molecule has 0 N–H and O–H groups in total. The van der Waals surface area contributed by atoms with Crippen molar-refractivity contribution in [3.8, 4) is 0 Å². The lowest BCUT2D eigenvalue weighted by atomic mass is 10.2. The number of rotatable bonds is 5. The Morgan fingerprint density at radius 3 is 1.57 bits per heavy atom. The normalized spacial score (nSPS) is 10.4. The van der Waals surface area contributed by atoms with Crippen LogP contribution in [0.4, 0.5) is 0 Å². The largest absolute Gasteiger partial charge is 0.742 e. The van der Waals surface area contributed by atoms with Crippen molar-refractivity contribution in [3.05, 3.63) is 36.4 Å². The maximum atomic E-state index is 11.3. The summed E-state index contributed by atoms with van der Waals surface area (Å²) in [5, 5.41) is 0.328. The summed E-state index contributed by atoms with van der Waals surface area (Å²) in [5.74, 6) is -2.13. The maximum Gasteiger partial charge on any atom is 0.742 e. The molecule has 7 heteroatoms. The second-order valence-electron chi connectivity index (χ2n) is 4.16. The Labute approximate surface area is 123 Å². The van der Waals surface area contributed by atoms with E-state index in [-0.39, 0.29) is 0 Å². The van der Waals surface area contributed by atoms with E-state index in [9.17, 15) is 14.4 Å². The molecule has 0 radical (unpaired) electrons. The number of benzene rings is 1. The highest BCUT2D eigenvalue weighted by Crippen LogP contribution is 2.13. The second-order valence-corrected chi connectivity index (χ2v) is 6.47. The van der Waals surface area contributed by atoms with Crippen LogP contribution >= 0.6 is 0 Å². The molecule has 112 valence electrons. The van der Waals surface area contributed by atoms with Gasteiger partial charge in [-0.05, 0) is 5.56 Å². The van der Waals surface area contributed by atoms with Crippen molar-refractivity contribution in [1.82, 2.24) is 0 Å². The third kappa shape index (κ3) is 4.57. The number of hydrogen-bond acceptors (Lipinski definition) is 6. The minimum Gasteiger partial charge on any atom is -0.452 e. The van der Waals surface area contributed by atoms with Gasteiger partial charge in [0, 0.05) is 20.8 Å². The van der Waals surface area contributed by atoms with Crippen molar-refractivity contribution in [1.29, 1.82) is 0 Å². The Morgan fingerprint density at radius 2 is 1.29 bits per heavy atom. The van der Waals surface area contributed by atoms with E-state index in [1.165, 1.54) is 0 Å². The molecule has 0 aromatic heterocycles. The Hall–Kier alpha value is -2.41. The van der Waals surface area contributed by atoms with Crippen molar-refractivity contribution in [2.75, 3.05) is 0 Å². The van der Waals surface area contributed by atoms with Gasteiger partial charge in [-0.1, -0.05) is 36.9 Å². The predicted molar refractivity (Wildman–Crippen MR) is 77.2 cm³/mol. The summed E-state index contributed by atoms with van der Waals surface area (Å²) in [6.07, 6.45) is 1.62. The van der Waals surface area contributed by atoms with Crippen molar-refractivity contribution in [2.24, 2.45) is 0 Å². The average molecular weight is 308 g/mol. The topological polar surface area (TPSA) is 78.9 Å². The molecular formula is C14H16O6Si. The third-order valence-corrected chi connectivity index (χ3v) is 5.04. The first-order chi connectivity index (χ1) is 9.79. The van der Waals surface area contributed by atoms with E-state index in [1.54, 1.807) is 30.3 Å². The molecule has 0 heterocycles. The first-order valence-electron chi connectivity index (χ1n) is 6.11. The molecule has 6 nitrogen and oxygen atoms in total. The van der Waals surface area contributed by atoms with Crippen LogP contribution in [-0.4, -0.2) is 26.7 Å². The first kappa shape index (κ1) is 16.6. The molecule has 1 aromatic rings. The molecular weight excluding hydrogens is 292 g/mol. The van der Waals surface area contributed by atoms with Crippen LogP contribution in [-0.2, 0) is 27.7 Å². The standard InChI is InChI=1S/C14H16O6Si/c1-5-13-6-8-14(9-7-13)21(18-10(2)15,19-11(3)16)20-12(4)17/h5-9H,1H2,2-4H3. The van der Waals surface area contributed by atoms with Gasteiger partial charge in [-0.15, -0.1) is 0 Å². The Balaban J connectivity index is 3.35. The minimum absolute atomic E-state index is 0.328. The summed E-state index contributed by atoms with van der Waals surface area (Å²) in [6, 6.07) is 6.50. The highest BCUT2D eigenvalue weighted by molar-refractivity contribution is 6.79. The van der Waals surface area contributed by atoms with Gasteiger partial charge in [0.2, 0.25) is 0 Å². The zero-order chi connectivity index (χ0) is 16.0. The summed E-state index contributed by atoms with van der Waals surface area (Å²) >= 11 is 0. The van der Waals surface area contributed by atoms with Gasteiger partial charge < -0.3 is 13.3 Å². The van der Waals surface area contributed by atoms with Gasteiger partial charge in [-0.3, -0.25) is 14.4 Å². The van der Waals surface area contributed by atoms with Gasteiger partial charge in [-0.2, -0.15) is 0 Å². The summed E-state index contributed by atoms with van der Waals surface area (Å²) < 4.78 is 15.3. The van der Waals surface area contributed by atoms with E-state index in [0.29, 0.717) is 5.19 Å². The van der Waals surface area contributed by atoms with Gasteiger partial charge in [0.25, 0.3) is 17.9 Å². The lowest BCUT2D eigenvalue weighted by molar-refractivity contribution is -0.146. The Bertz CT molecular complexity index is 523. The fourth-order valence-electron chi connectivity index (χ4n) is 1.63. The second kappa shape index (κ2) is 6.85. The number of hydrogen-bond donors (Lipinski definition) is 0. The first-order valence-corrected chi connectivity index (χ1v) is 7.83. The molecule has 0 aliphatic carbocycles. The summed E-state index contributed by atoms with van der Waals surface area (Å²) in [6.45, 7) is 7.06. The van der Waals surface area contributed by atoms with Crippen LogP contribution in [0.15, 0.2) is 30.8 Å². The van der Waals surface area contributed by atoms with Gasteiger partial charge >= 0.3 is 8.80 Å². The molecule has 0 atom stereocenters. The fraction of sp³-hybridized carbons (Fsp3) is 0.214. The van der Waals surface area contributed by atoms with Gasteiger partial charge in [0.1, 0.15) is 0 Å². The van der Waals surface area contributed by atoms with E-state index in [2.05, 4.69) is 6.58 Å². The van der Waals surface area contributed by atoms with Gasteiger partial charge in [0.15, 0.2) is 0 Å². The third-order valence-electron chi connectivity index (χ3n) is 2.33. The van der Waals surface area contributed by atoms with Crippen molar-refractivity contribution in [3.63, 3.8) is 0 Å². The summed E-state index contributed by atoms with van der Waals surface area (Å²) in [5.41, 5.74) is 0.815. The van der Waals surface area contributed by atoms with Crippen LogP contribution in [0, 0.1) is 0 Å². The maximum absolute atomic E-state index is 11.3. The fourth-order valence-corrected chi connectivity index (χ4v) is 3.82. The zero-order valence-corrected chi connectivity index (χ0v) is 13.0. The van der Waals surface area contributed by atoms with Crippen molar-refractivity contribution in [2.45, 2.75) is 20.8 Å². The molecule has 1 aromatic carbocycles. The lowest BCUT2D eigenvalue weighted by Gasteiger charge is -2.26. The summed E-state index contributed by atoms with van der Waals surface area (Å²) in [7, 11) is -3.98. The molecule has 0 aliphatic rings. The lowest BCUT2D eigenvalue weighted by Crippen LogP contribution is -2.59. The molecule has 0 amide bonds. The van der Waals surface area contributed by atoms with E-state index in [4.69, 9.17) is 13.3 Å². The van der Waals surface area contributed by atoms with Crippen molar-refractivity contribution >= 4 is 38.0 Å². The molecule has 0 fully saturated rings. The molecule has 1 rings (SSSR count). The highest BCUT2D eigenvalue weighted by Gasteiger charge is 2.54. The molecule has 0 aliphatic heterocycles. The Morgan fingerprint density at radius 1 is 0.905 bits per heavy atom. The van der Waals surface area contributed by atoms with Crippen molar-refractivity contribution < 1.29 is 27.7 Å². The summed E-state index contributed by atoms with van der Waals surface area (Å²) in [4.78, 5) is 34.0. The van der Waals surface area contributed by atoms with Crippen LogP contribution in [0.25, 0.3) is 6.08 Å². The highest BCUT2D eigenvalue weighted by atomic mass is 28.4. The van der Waals surface area contributed by atoms with Crippen LogP contribution in [0.2, 0.25) is 0 Å². The van der Waals surface area contributed by atoms with E-state index in [1.807, 2.05) is 0 Å². The van der Waals surface area contributed by atoms with Crippen LogP contribution in [0.3, 0.4) is 0 Å². The Kier molecular flexibility index (Phi) is 5.42. The quantitative estimate of drug-likeness (QED) is 0.760. The van der Waals surface area contributed by atoms with Gasteiger partial charge in [-0.25, -0.2) is 0 Å². The number of carbonyl (C=O) groups excluding carboxylic acids is 3. The molecule has 0 bridgehead atoms. The smallest absolute Gasteiger partial charge is 0.452 e. The van der Waals surface area contributed by atoms with Crippen LogP contribution < -0.4 is 5.19 Å². The van der Waals surface area contributed by atoms with E-state index in [0.717, 1.165) is 26.3 Å². The van der Waals surface area contributed by atoms with E-state index < -0.39 is 26.7 Å². The monoisotopic (exact) mass is 308 g/mol. The van der Waals surface area contributed by atoms with Crippen LogP contribution in [0.1, 0.15) is 26.3 Å². The van der Waals surface area contributed by atoms with E-state index >= 15 is 0 Å². The molecule has 21 heavy (non-hydrogen) atoms. The van der Waals surface area contributed by atoms with Crippen LogP contribution in [0.5, 0.6) is 0 Å². The zero-order valence-electron chi connectivity index (χ0n) is 12.0. The molecule has 0 saturated carbocycles. The minimum atomic E-state index is -3.98. The SMILES string of the molecule is C=Cc1ccc([Si](OC(C)=O)(OC(C)=O)OC(C)=O)cc1. The molecule has 0 unspecified atom stereocenters. The average Bonchev–Trinajstić information content (AvgIpc) is 2.36. The predicted octanol–water partition coefficient (Wildman–Crippen LogP) is 1.16.